The van der Waals surface area contributed by atoms with Gasteiger partial charge in [-0.2, -0.15) is 0 Å². The second kappa shape index (κ2) is 5.38. The van der Waals surface area contributed by atoms with E-state index in [0.29, 0.717) is 10.0 Å². The zero-order valence-electron chi connectivity index (χ0n) is 8.34. The molecule has 0 heterocycles. The summed E-state index contributed by atoms with van der Waals surface area (Å²) in [7, 11) is 0. The Morgan fingerprint density at radius 1 is 1.47 bits per heavy atom. The third-order valence-corrected chi connectivity index (χ3v) is 3.17. The van der Waals surface area contributed by atoms with Gasteiger partial charge in [0.15, 0.2) is 0 Å². The van der Waals surface area contributed by atoms with Crippen LogP contribution in [0.1, 0.15) is 31.2 Å². The van der Waals surface area contributed by atoms with Gasteiger partial charge in [-0.25, -0.2) is 0 Å². The Morgan fingerprint density at radius 2 is 2.13 bits per heavy atom. The summed E-state index contributed by atoms with van der Waals surface area (Å²) >= 11 is 11.9. The van der Waals surface area contributed by atoms with Gasteiger partial charge in [-0.3, -0.25) is 4.79 Å². The number of hydrogen-bond acceptors (Lipinski definition) is 1. The number of carbonyl (C=O) groups is 1. The van der Waals surface area contributed by atoms with E-state index in [-0.39, 0.29) is 12.3 Å². The molecule has 0 spiro atoms. The fraction of sp³-hybridized carbons (Fsp3) is 0.364. The summed E-state index contributed by atoms with van der Waals surface area (Å²) in [5, 5.41) is 9.70. The van der Waals surface area contributed by atoms with Gasteiger partial charge < -0.3 is 5.11 Å². The molecule has 0 fully saturated rings. The Kier molecular flexibility index (Phi) is 4.43. The molecule has 0 aromatic heterocycles. The molecule has 1 N–H and O–H groups in total. The second-order valence-electron chi connectivity index (χ2n) is 3.35. The standard InChI is InChI=1S/C11H12Cl2O2/c1-2-7(6-10(14)15)8-4-3-5-9(12)11(8)13/h3-5,7H,2,6H2,1H3,(H,14,15). The topological polar surface area (TPSA) is 37.3 Å². The van der Waals surface area contributed by atoms with Crippen molar-refractivity contribution in [3.8, 4) is 0 Å². The highest BCUT2D eigenvalue weighted by molar-refractivity contribution is 6.42. The summed E-state index contributed by atoms with van der Waals surface area (Å²) in [6.45, 7) is 1.94. The first kappa shape index (κ1) is 12.3. The van der Waals surface area contributed by atoms with Gasteiger partial charge in [-0.1, -0.05) is 42.3 Å². The lowest BCUT2D eigenvalue weighted by Crippen LogP contribution is -2.06. The third kappa shape index (κ3) is 3.11. The van der Waals surface area contributed by atoms with Crippen LogP contribution < -0.4 is 0 Å². The van der Waals surface area contributed by atoms with E-state index < -0.39 is 5.97 Å². The molecule has 0 bridgehead atoms. The predicted molar refractivity (Wildman–Crippen MR) is 61.7 cm³/mol. The first-order valence-electron chi connectivity index (χ1n) is 4.72. The smallest absolute Gasteiger partial charge is 0.303 e. The highest BCUT2D eigenvalue weighted by atomic mass is 35.5. The summed E-state index contributed by atoms with van der Waals surface area (Å²) < 4.78 is 0. The van der Waals surface area contributed by atoms with Crippen LogP contribution >= 0.6 is 23.2 Å². The van der Waals surface area contributed by atoms with Gasteiger partial charge in [-0.15, -0.1) is 0 Å². The molecule has 4 heteroatoms. The van der Waals surface area contributed by atoms with Crippen LogP contribution in [0.15, 0.2) is 18.2 Å². The number of carboxylic acid groups (broad SMARTS) is 1. The molecule has 0 saturated carbocycles. The lowest BCUT2D eigenvalue weighted by molar-refractivity contribution is -0.137. The number of halogens is 2. The monoisotopic (exact) mass is 246 g/mol. The number of hydrogen-bond donors (Lipinski definition) is 1. The quantitative estimate of drug-likeness (QED) is 0.874. The van der Waals surface area contributed by atoms with E-state index in [1.165, 1.54) is 0 Å². The molecule has 0 aliphatic heterocycles. The predicted octanol–water partition coefficient (Wildman–Crippen LogP) is 3.96. The van der Waals surface area contributed by atoms with Gasteiger partial charge in [0.05, 0.1) is 16.5 Å². The van der Waals surface area contributed by atoms with Crippen molar-refractivity contribution in [2.45, 2.75) is 25.7 Å². The average Bonchev–Trinajstić information content (AvgIpc) is 2.19. The van der Waals surface area contributed by atoms with Crippen molar-refractivity contribution in [3.05, 3.63) is 33.8 Å². The Balaban J connectivity index is 3.01. The van der Waals surface area contributed by atoms with Gasteiger partial charge in [-0.05, 0) is 24.0 Å². The van der Waals surface area contributed by atoms with Gasteiger partial charge in [0.25, 0.3) is 0 Å². The van der Waals surface area contributed by atoms with Crippen molar-refractivity contribution in [1.29, 1.82) is 0 Å². The summed E-state index contributed by atoms with van der Waals surface area (Å²) in [5.74, 6) is -0.897. The molecule has 0 radical (unpaired) electrons. The molecular weight excluding hydrogens is 235 g/mol. The SMILES string of the molecule is CCC(CC(=O)O)c1cccc(Cl)c1Cl. The maximum Gasteiger partial charge on any atom is 0.303 e. The summed E-state index contributed by atoms with van der Waals surface area (Å²) in [6, 6.07) is 5.31. The Morgan fingerprint density at radius 3 is 2.67 bits per heavy atom. The zero-order valence-corrected chi connectivity index (χ0v) is 9.85. The number of carboxylic acids is 1. The molecule has 82 valence electrons. The highest BCUT2D eigenvalue weighted by Gasteiger charge is 2.17. The number of rotatable bonds is 4. The normalized spacial score (nSPS) is 12.5. The van der Waals surface area contributed by atoms with Crippen molar-refractivity contribution in [1.82, 2.24) is 0 Å². The van der Waals surface area contributed by atoms with Crippen LogP contribution in [0, 0.1) is 0 Å². The van der Waals surface area contributed by atoms with Crippen LogP contribution in [-0.4, -0.2) is 11.1 Å². The van der Waals surface area contributed by atoms with Crippen molar-refractivity contribution in [3.63, 3.8) is 0 Å². The zero-order chi connectivity index (χ0) is 11.4. The van der Waals surface area contributed by atoms with Crippen molar-refractivity contribution >= 4 is 29.2 Å². The maximum absolute atomic E-state index is 10.7. The molecule has 1 atom stereocenters. The van der Waals surface area contributed by atoms with E-state index in [2.05, 4.69) is 0 Å². The fourth-order valence-electron chi connectivity index (χ4n) is 1.52. The Hall–Kier alpha value is -0.730. The first-order valence-corrected chi connectivity index (χ1v) is 5.47. The van der Waals surface area contributed by atoms with Crippen LogP contribution in [-0.2, 0) is 4.79 Å². The van der Waals surface area contributed by atoms with Gasteiger partial charge in [0.1, 0.15) is 0 Å². The van der Waals surface area contributed by atoms with E-state index in [1.54, 1.807) is 12.1 Å². The van der Waals surface area contributed by atoms with Gasteiger partial charge in [0, 0.05) is 0 Å². The van der Waals surface area contributed by atoms with Crippen LogP contribution in [0.3, 0.4) is 0 Å². The molecule has 1 rings (SSSR count). The third-order valence-electron chi connectivity index (χ3n) is 2.34. The lowest BCUT2D eigenvalue weighted by Gasteiger charge is -2.15. The molecule has 0 aliphatic carbocycles. The maximum atomic E-state index is 10.7. The molecule has 1 unspecified atom stereocenters. The minimum Gasteiger partial charge on any atom is -0.481 e. The molecule has 0 aliphatic rings. The van der Waals surface area contributed by atoms with E-state index in [1.807, 2.05) is 13.0 Å². The molecule has 0 amide bonds. The largest absolute Gasteiger partial charge is 0.481 e. The molecular formula is C11H12Cl2O2. The van der Waals surface area contributed by atoms with E-state index in [0.717, 1.165) is 12.0 Å². The van der Waals surface area contributed by atoms with Crippen LogP contribution in [0.2, 0.25) is 10.0 Å². The highest BCUT2D eigenvalue weighted by Crippen LogP contribution is 2.34. The second-order valence-corrected chi connectivity index (χ2v) is 4.13. The van der Waals surface area contributed by atoms with Gasteiger partial charge >= 0.3 is 5.97 Å². The molecule has 1 aromatic rings. The van der Waals surface area contributed by atoms with E-state index in [4.69, 9.17) is 28.3 Å². The van der Waals surface area contributed by atoms with Gasteiger partial charge in [0.2, 0.25) is 0 Å². The summed E-state index contributed by atoms with van der Waals surface area (Å²) in [4.78, 5) is 10.7. The fourth-order valence-corrected chi connectivity index (χ4v) is 1.98. The van der Waals surface area contributed by atoms with Crippen molar-refractivity contribution in [2.75, 3.05) is 0 Å². The summed E-state index contributed by atoms with van der Waals surface area (Å²) in [6.07, 6.45) is 0.808. The van der Waals surface area contributed by atoms with Crippen LogP contribution in [0.25, 0.3) is 0 Å². The van der Waals surface area contributed by atoms with E-state index >= 15 is 0 Å². The average molecular weight is 247 g/mol. The molecule has 2 nitrogen and oxygen atoms in total. The van der Waals surface area contributed by atoms with E-state index in [9.17, 15) is 4.79 Å². The minimum atomic E-state index is -0.821. The molecule has 0 saturated heterocycles. The first-order chi connectivity index (χ1) is 7.06. The van der Waals surface area contributed by atoms with Crippen LogP contribution in [0.4, 0.5) is 0 Å². The Bertz CT molecular complexity index is 364. The lowest BCUT2D eigenvalue weighted by atomic mass is 9.93. The molecule has 15 heavy (non-hydrogen) atoms. The van der Waals surface area contributed by atoms with Crippen molar-refractivity contribution < 1.29 is 9.90 Å². The van der Waals surface area contributed by atoms with Crippen molar-refractivity contribution in [2.24, 2.45) is 0 Å². The van der Waals surface area contributed by atoms with Crippen LogP contribution in [0.5, 0.6) is 0 Å². The number of benzene rings is 1. The molecule has 1 aromatic carbocycles. The minimum absolute atomic E-state index is 0.0753. The Labute approximate surface area is 98.8 Å². The number of aliphatic carboxylic acids is 1. The summed E-state index contributed by atoms with van der Waals surface area (Å²) in [5.41, 5.74) is 0.814.